The number of hydrogen-bond acceptors (Lipinski definition) is 6. The van der Waals surface area contributed by atoms with Gasteiger partial charge in [-0.1, -0.05) is 0 Å². The van der Waals surface area contributed by atoms with E-state index < -0.39 is 42.4 Å². The molecule has 0 fully saturated rings. The minimum Gasteiger partial charge on any atom is -0.484 e. The summed E-state index contributed by atoms with van der Waals surface area (Å²) in [6, 6.07) is 10.1. The number of ether oxygens (including phenoxy) is 1. The van der Waals surface area contributed by atoms with Gasteiger partial charge < -0.3 is 9.15 Å². The van der Waals surface area contributed by atoms with Crippen molar-refractivity contribution in [1.82, 2.24) is 20.6 Å². The zero-order chi connectivity index (χ0) is 20.8. The van der Waals surface area contributed by atoms with Crippen molar-refractivity contribution >= 4 is 11.8 Å². The van der Waals surface area contributed by atoms with Crippen LogP contribution in [0, 0.1) is 11.6 Å². The van der Waals surface area contributed by atoms with Gasteiger partial charge in [-0.05, 0) is 48.5 Å². The van der Waals surface area contributed by atoms with Crippen molar-refractivity contribution in [3.63, 3.8) is 0 Å². The Balaban J connectivity index is 1.49. The van der Waals surface area contributed by atoms with Crippen LogP contribution < -0.4 is 21.3 Å². The van der Waals surface area contributed by atoms with Gasteiger partial charge in [-0.25, -0.2) is 13.6 Å². The van der Waals surface area contributed by atoms with E-state index in [1.807, 2.05) is 0 Å². The molecule has 9 nitrogen and oxygen atoms in total. The van der Waals surface area contributed by atoms with E-state index in [0.29, 0.717) is 5.56 Å². The van der Waals surface area contributed by atoms with E-state index in [-0.39, 0.29) is 11.6 Å². The van der Waals surface area contributed by atoms with Crippen molar-refractivity contribution in [2.45, 2.75) is 6.54 Å². The van der Waals surface area contributed by atoms with Crippen molar-refractivity contribution in [3.8, 4) is 17.2 Å². The highest BCUT2D eigenvalue weighted by Crippen LogP contribution is 2.15. The molecule has 0 saturated carbocycles. The summed E-state index contributed by atoms with van der Waals surface area (Å²) < 4.78 is 36.5. The Morgan fingerprint density at radius 3 is 2.21 bits per heavy atom. The highest BCUT2D eigenvalue weighted by molar-refractivity contribution is 5.82. The predicted molar refractivity (Wildman–Crippen MR) is 94.3 cm³/mol. The molecule has 0 bridgehead atoms. The van der Waals surface area contributed by atoms with Gasteiger partial charge in [-0.2, -0.15) is 4.68 Å². The van der Waals surface area contributed by atoms with Gasteiger partial charge in [0.05, 0.1) is 0 Å². The van der Waals surface area contributed by atoms with Crippen LogP contribution in [0.5, 0.6) is 5.75 Å². The van der Waals surface area contributed by atoms with Gasteiger partial charge in [0.1, 0.15) is 23.9 Å². The molecular weight excluding hydrogens is 390 g/mol. The molecule has 29 heavy (non-hydrogen) atoms. The molecule has 2 aromatic carbocycles. The third-order valence-corrected chi connectivity index (χ3v) is 3.52. The third kappa shape index (κ3) is 5.48. The van der Waals surface area contributed by atoms with Gasteiger partial charge in [0.25, 0.3) is 11.8 Å². The quantitative estimate of drug-likeness (QED) is 0.593. The van der Waals surface area contributed by atoms with Crippen molar-refractivity contribution in [2.75, 3.05) is 6.61 Å². The summed E-state index contributed by atoms with van der Waals surface area (Å²) in [4.78, 5) is 35.3. The summed E-state index contributed by atoms with van der Waals surface area (Å²) in [5.74, 6) is -3.04. The average molecular weight is 404 g/mol. The largest absolute Gasteiger partial charge is 0.484 e. The summed E-state index contributed by atoms with van der Waals surface area (Å²) >= 11 is 0. The summed E-state index contributed by atoms with van der Waals surface area (Å²) in [6.45, 7) is -0.951. The molecule has 0 spiro atoms. The normalized spacial score (nSPS) is 10.4. The zero-order valence-electron chi connectivity index (χ0n) is 14.7. The first-order chi connectivity index (χ1) is 13.9. The number of hydrazine groups is 1. The van der Waals surface area contributed by atoms with E-state index in [2.05, 4.69) is 16.0 Å². The molecule has 0 aliphatic heterocycles. The smallest absolute Gasteiger partial charge is 0.437 e. The molecule has 1 heterocycles. The number of carbonyl (C=O) groups is 2. The second-order valence-electron chi connectivity index (χ2n) is 5.68. The maximum absolute atomic E-state index is 12.9. The fourth-order valence-corrected chi connectivity index (χ4v) is 2.15. The number of nitrogens with zero attached hydrogens (tertiary/aromatic N) is 2. The molecule has 2 amide bonds. The van der Waals surface area contributed by atoms with Gasteiger partial charge in [0.15, 0.2) is 6.61 Å². The fourth-order valence-electron chi connectivity index (χ4n) is 2.15. The number of carbonyl (C=O) groups excluding carboxylic acids is 2. The van der Waals surface area contributed by atoms with E-state index in [0.717, 1.165) is 4.68 Å². The number of rotatable bonds is 6. The third-order valence-electron chi connectivity index (χ3n) is 3.52. The van der Waals surface area contributed by atoms with Gasteiger partial charge in [0.2, 0.25) is 5.89 Å². The van der Waals surface area contributed by atoms with Crippen LogP contribution in [0.25, 0.3) is 11.5 Å². The lowest BCUT2D eigenvalue weighted by molar-refractivity contribution is -0.130. The first-order valence-corrected chi connectivity index (χ1v) is 8.20. The molecular formula is C18H14F2N4O5. The molecule has 11 heteroatoms. The van der Waals surface area contributed by atoms with Crippen LogP contribution >= 0.6 is 0 Å². The van der Waals surface area contributed by atoms with Gasteiger partial charge in [-0.15, -0.1) is 5.10 Å². The minimum absolute atomic E-state index is 0.0838. The summed E-state index contributed by atoms with van der Waals surface area (Å²) in [5, 5.41) is 3.85. The van der Waals surface area contributed by atoms with Crippen molar-refractivity contribution in [2.24, 2.45) is 0 Å². The lowest BCUT2D eigenvalue weighted by atomic mass is 10.2. The van der Waals surface area contributed by atoms with Gasteiger partial charge in [0, 0.05) is 5.56 Å². The second kappa shape index (κ2) is 8.78. The number of nitrogens with one attached hydrogen (secondary N) is 2. The molecule has 0 unspecified atom stereocenters. The SMILES string of the molecule is O=C(COc1ccc(F)cc1)NNC(=O)Cn1nc(-c2ccc(F)cc2)oc1=O. The van der Waals surface area contributed by atoms with Crippen LogP contribution in [0.15, 0.2) is 57.7 Å². The Labute approximate surface area is 161 Å². The number of aromatic nitrogens is 2. The minimum atomic E-state index is -0.898. The lowest BCUT2D eigenvalue weighted by Gasteiger charge is -2.08. The Bertz CT molecular complexity index is 1060. The summed E-state index contributed by atoms with van der Waals surface area (Å²) in [5.41, 5.74) is 4.54. The van der Waals surface area contributed by atoms with E-state index >= 15 is 0 Å². The maximum Gasteiger partial charge on any atom is 0.437 e. The molecule has 0 radical (unpaired) electrons. The zero-order valence-corrected chi connectivity index (χ0v) is 14.7. The monoisotopic (exact) mass is 404 g/mol. The molecule has 0 atom stereocenters. The molecule has 0 aliphatic rings. The van der Waals surface area contributed by atoms with Crippen LogP contribution in [-0.2, 0) is 16.1 Å². The number of benzene rings is 2. The summed E-state index contributed by atoms with van der Waals surface area (Å²) in [6.07, 6.45) is 0. The molecule has 2 N–H and O–H groups in total. The van der Waals surface area contributed by atoms with E-state index in [4.69, 9.17) is 9.15 Å². The van der Waals surface area contributed by atoms with Crippen LogP contribution in [0.2, 0.25) is 0 Å². The highest BCUT2D eigenvalue weighted by atomic mass is 19.1. The summed E-state index contributed by atoms with van der Waals surface area (Å²) in [7, 11) is 0. The topological polar surface area (TPSA) is 115 Å². The fraction of sp³-hybridized carbons (Fsp3) is 0.111. The number of halogens is 2. The van der Waals surface area contributed by atoms with Crippen molar-refractivity contribution in [3.05, 3.63) is 70.7 Å². The van der Waals surface area contributed by atoms with Crippen LogP contribution in [0.4, 0.5) is 8.78 Å². The Morgan fingerprint density at radius 2 is 1.55 bits per heavy atom. The molecule has 3 aromatic rings. The van der Waals surface area contributed by atoms with Gasteiger partial charge >= 0.3 is 5.76 Å². The lowest BCUT2D eigenvalue weighted by Crippen LogP contribution is -2.45. The highest BCUT2D eigenvalue weighted by Gasteiger charge is 2.14. The average Bonchev–Trinajstić information content (AvgIpc) is 3.06. The van der Waals surface area contributed by atoms with Crippen molar-refractivity contribution in [1.29, 1.82) is 0 Å². The Kier molecular flexibility index (Phi) is 5.97. The Morgan fingerprint density at radius 1 is 0.966 bits per heavy atom. The first kappa shape index (κ1) is 19.7. The number of hydrogen-bond donors (Lipinski definition) is 2. The van der Waals surface area contributed by atoms with Gasteiger partial charge in [-0.3, -0.25) is 20.4 Å². The maximum atomic E-state index is 12.9. The molecule has 0 saturated heterocycles. The molecule has 3 rings (SSSR count). The second-order valence-corrected chi connectivity index (χ2v) is 5.68. The molecule has 1 aromatic heterocycles. The van der Waals surface area contributed by atoms with Crippen LogP contribution in [0.3, 0.4) is 0 Å². The van der Waals surface area contributed by atoms with Crippen LogP contribution in [0.1, 0.15) is 0 Å². The van der Waals surface area contributed by atoms with Crippen molar-refractivity contribution < 1.29 is 27.5 Å². The molecule has 0 aliphatic carbocycles. The Hall–Kier alpha value is -4.02. The van der Waals surface area contributed by atoms with E-state index in [1.165, 1.54) is 48.5 Å². The standard InChI is InChI=1S/C18H14F2N4O5/c19-12-3-1-11(2-4-12)17-23-24(18(27)29-17)9-15(25)21-22-16(26)10-28-14-7-5-13(20)6-8-14/h1-8H,9-10H2,(H,21,25)(H,22,26). The van der Waals surface area contributed by atoms with E-state index in [1.54, 1.807) is 0 Å². The number of amides is 2. The predicted octanol–water partition coefficient (Wildman–Crippen LogP) is 1.01. The van der Waals surface area contributed by atoms with E-state index in [9.17, 15) is 23.2 Å². The van der Waals surface area contributed by atoms with Crippen LogP contribution in [-0.4, -0.2) is 28.2 Å². The first-order valence-electron chi connectivity index (χ1n) is 8.20. The molecule has 150 valence electrons.